The standard InChI is InChI=1S/C56H37N5O/c1-38-31-55(58-36-50(38)41-21-10-5-11-22-41)61-51-26-13-12-23-48(51)49-30-29-44(35-54(49)61)62-45-33-42(57-2)32-43(34-45)59-37-60(53-28-15-14-27-52(53)59)56-46(39-17-6-3-7-18-39)24-16-25-47(56)40-19-8-4-9-20-40/h3-36H,1H3/i1D3,3D,4D,5D,6D,7D,8D,9D,10D,11D,17D,18D,19D,20D,21D,22D. The summed E-state index contributed by atoms with van der Waals surface area (Å²) >= 11 is 0. The fraction of sp³-hybridized carbons (Fsp3) is 0.0179. The van der Waals surface area contributed by atoms with Crippen molar-refractivity contribution < 1.29 is 34.0 Å². The van der Waals surface area contributed by atoms with Gasteiger partial charge in [-0.3, -0.25) is 13.7 Å². The second-order valence-corrected chi connectivity index (χ2v) is 14.0. The van der Waals surface area contributed by atoms with E-state index < -0.39 is 97.5 Å². The number of fused-ring (bicyclic) bond motifs is 4. The maximum absolute atomic E-state index is 9.03. The summed E-state index contributed by atoms with van der Waals surface area (Å²) in [5.74, 6) is 0.589. The van der Waals surface area contributed by atoms with Gasteiger partial charge < -0.3 is 4.74 Å². The molecule has 6 nitrogen and oxygen atoms in total. The molecule has 0 unspecified atom stereocenters. The summed E-state index contributed by atoms with van der Waals surface area (Å²) in [4.78, 5) is 8.41. The van der Waals surface area contributed by atoms with Crippen LogP contribution in [0.3, 0.4) is 0 Å². The molecule has 0 amide bonds. The molecule has 0 saturated carbocycles. The Morgan fingerprint density at radius 3 is 1.97 bits per heavy atom. The Labute approximate surface area is 384 Å². The number of pyridine rings is 1. The average molecular weight is 814 g/mol. The zero-order valence-corrected chi connectivity index (χ0v) is 32.1. The van der Waals surface area contributed by atoms with E-state index in [4.69, 9.17) is 36.0 Å². The van der Waals surface area contributed by atoms with Gasteiger partial charge in [0.1, 0.15) is 17.3 Å². The van der Waals surface area contributed by atoms with Crippen molar-refractivity contribution in [2.45, 2.75) is 6.85 Å². The van der Waals surface area contributed by atoms with Crippen LogP contribution in [0.1, 0.15) is 30.2 Å². The maximum atomic E-state index is 9.03. The van der Waals surface area contributed by atoms with Gasteiger partial charge in [0.2, 0.25) is 0 Å². The second-order valence-electron chi connectivity index (χ2n) is 14.0. The number of para-hydroxylation sites is 4. The van der Waals surface area contributed by atoms with Crippen LogP contribution in [-0.4, -0.2) is 14.1 Å². The highest BCUT2D eigenvalue weighted by atomic mass is 16.5. The molecule has 3 heterocycles. The van der Waals surface area contributed by atoms with Crippen molar-refractivity contribution in [3.05, 3.63) is 229 Å². The fourth-order valence-electron chi connectivity index (χ4n) is 7.74. The highest BCUT2D eigenvalue weighted by Gasteiger charge is 2.21. The molecule has 0 aliphatic rings. The van der Waals surface area contributed by atoms with E-state index >= 15 is 0 Å². The van der Waals surface area contributed by atoms with Gasteiger partial charge in [0.05, 0.1) is 60.6 Å². The largest absolute Gasteiger partial charge is 0.459 e. The lowest BCUT2D eigenvalue weighted by atomic mass is 9.95. The summed E-state index contributed by atoms with van der Waals surface area (Å²) in [6, 6.07) is 21.1. The van der Waals surface area contributed by atoms with E-state index in [-0.39, 0.29) is 67.6 Å². The predicted octanol–water partition coefficient (Wildman–Crippen LogP) is 13.9. The lowest BCUT2D eigenvalue weighted by molar-refractivity contribution is -0.571. The number of hydrogen-bond donors (Lipinski definition) is 0. The Balaban J connectivity index is 1.08. The lowest BCUT2D eigenvalue weighted by Crippen LogP contribution is -2.31. The Bertz CT molecular complexity index is 4370. The van der Waals surface area contributed by atoms with Crippen molar-refractivity contribution in [2.75, 3.05) is 0 Å². The number of imidazole rings is 1. The second kappa shape index (κ2) is 15.3. The molecule has 6 heteroatoms. The van der Waals surface area contributed by atoms with Crippen LogP contribution in [0.15, 0.2) is 206 Å². The molecule has 0 fully saturated rings. The molecule has 0 spiro atoms. The predicted molar refractivity (Wildman–Crippen MR) is 250 cm³/mol. The minimum Gasteiger partial charge on any atom is -0.459 e. The summed E-state index contributed by atoms with van der Waals surface area (Å²) in [6.45, 7) is 5.34. The quantitative estimate of drug-likeness (QED) is 0.113. The minimum atomic E-state index is -2.84. The van der Waals surface area contributed by atoms with Crippen LogP contribution in [0.4, 0.5) is 5.69 Å². The fourth-order valence-corrected chi connectivity index (χ4v) is 7.74. The maximum Gasteiger partial charge on any atom is 0.269 e. The van der Waals surface area contributed by atoms with Crippen LogP contribution in [0, 0.1) is 19.8 Å². The van der Waals surface area contributed by atoms with Crippen LogP contribution in [0.5, 0.6) is 11.5 Å². The highest BCUT2D eigenvalue weighted by Crippen LogP contribution is 2.38. The van der Waals surface area contributed by atoms with Gasteiger partial charge in [0, 0.05) is 32.7 Å². The number of hydrogen-bond acceptors (Lipinski definition) is 2. The van der Waals surface area contributed by atoms with Crippen LogP contribution < -0.4 is 9.30 Å². The van der Waals surface area contributed by atoms with Gasteiger partial charge in [-0.05, 0) is 82.7 Å². The van der Waals surface area contributed by atoms with Gasteiger partial charge in [-0.25, -0.2) is 9.83 Å². The molecule has 0 radical (unpaired) electrons. The van der Waals surface area contributed by atoms with Gasteiger partial charge in [-0.15, -0.1) is 0 Å². The Hall–Kier alpha value is -8.53. The molecule has 0 N–H and O–H groups in total. The third kappa shape index (κ3) is 6.37. The van der Waals surface area contributed by atoms with Gasteiger partial charge in [-0.2, -0.15) is 0 Å². The monoisotopic (exact) mass is 813 g/mol. The summed E-state index contributed by atoms with van der Waals surface area (Å²) < 4.78 is 166. The first-order valence-corrected chi connectivity index (χ1v) is 19.1. The number of aryl methyl sites for hydroxylation is 1. The van der Waals surface area contributed by atoms with E-state index in [9.17, 15) is 0 Å². The van der Waals surface area contributed by atoms with E-state index in [0.29, 0.717) is 27.8 Å². The molecule has 11 rings (SSSR count). The Kier molecular flexibility index (Phi) is 5.46. The van der Waals surface area contributed by atoms with E-state index in [2.05, 4.69) is 16.2 Å². The topological polar surface area (TPSA) is 40.2 Å². The molecular formula is C56H37N5O. The minimum absolute atomic E-state index is 0.0528. The van der Waals surface area contributed by atoms with Crippen molar-refractivity contribution in [3.63, 3.8) is 0 Å². The van der Waals surface area contributed by atoms with Crippen molar-refractivity contribution in [1.82, 2.24) is 14.1 Å². The molecule has 0 bridgehead atoms. The highest BCUT2D eigenvalue weighted by molar-refractivity contribution is 6.09. The Morgan fingerprint density at radius 2 is 1.27 bits per heavy atom. The smallest absolute Gasteiger partial charge is 0.269 e. The van der Waals surface area contributed by atoms with Crippen molar-refractivity contribution in [2.24, 2.45) is 0 Å². The molecule has 0 atom stereocenters. The summed E-state index contributed by atoms with van der Waals surface area (Å²) in [6.07, 6.45) is 4.52. The van der Waals surface area contributed by atoms with Gasteiger partial charge in [-0.1, -0.05) is 151 Å². The third-order valence-corrected chi connectivity index (χ3v) is 10.4. The molecule has 292 valence electrons. The Morgan fingerprint density at radius 1 is 0.629 bits per heavy atom. The first-order chi connectivity index (χ1) is 38.0. The van der Waals surface area contributed by atoms with Gasteiger partial charge in [0.15, 0.2) is 5.69 Å². The number of benzene rings is 8. The molecule has 0 aliphatic heterocycles. The molecular weight excluding hydrogens is 759 g/mol. The average Bonchev–Trinajstić information content (AvgIpc) is 4.11. The van der Waals surface area contributed by atoms with Crippen LogP contribution in [-0.2, 0) is 0 Å². The normalized spacial score (nSPS) is 15.6. The molecule has 3 aromatic heterocycles. The van der Waals surface area contributed by atoms with Gasteiger partial charge >= 0.3 is 0 Å². The summed E-state index contributed by atoms with van der Waals surface area (Å²) in [7, 11) is 0. The molecule has 0 aliphatic carbocycles. The number of rotatable bonds is 8. The first kappa shape index (κ1) is 22.2. The SMILES string of the molecule is [2H]c1c([2H])c([2H])c(-c2cnc(-n3c4ccccc4c4ccc(Oc5cc([N+]#[C-])cc(-n6[c-][n+](-c7c(-c8c([2H])c([2H])c([2H])c([2H])c8[2H])cccc7-c7c([2H])c([2H])c([2H])c([2H])c7[2H])c7ccccc76)c5)cc43)cc2C([2H])([2H])[2H])c([2H])c1[2H]. The van der Waals surface area contributed by atoms with E-state index in [1.165, 1.54) is 41.1 Å². The van der Waals surface area contributed by atoms with E-state index in [0.717, 1.165) is 10.8 Å². The third-order valence-electron chi connectivity index (χ3n) is 10.4. The molecule has 0 saturated heterocycles. The number of nitrogens with zero attached hydrogens (tertiary/aromatic N) is 5. The number of ether oxygens (including phenoxy) is 1. The number of aromatic nitrogens is 4. The van der Waals surface area contributed by atoms with Gasteiger partial charge in [0.25, 0.3) is 6.33 Å². The van der Waals surface area contributed by atoms with Crippen LogP contribution >= 0.6 is 0 Å². The first-order valence-electron chi connectivity index (χ1n) is 28.1. The van der Waals surface area contributed by atoms with Crippen LogP contribution in [0.25, 0.3) is 88.3 Å². The van der Waals surface area contributed by atoms with Crippen molar-refractivity contribution in [3.8, 4) is 62.1 Å². The van der Waals surface area contributed by atoms with Crippen molar-refractivity contribution >= 4 is 38.5 Å². The lowest BCUT2D eigenvalue weighted by Gasteiger charge is -2.17. The molecule has 8 aromatic carbocycles. The van der Waals surface area contributed by atoms with E-state index in [1.54, 1.807) is 63.7 Å². The summed E-state index contributed by atoms with van der Waals surface area (Å²) in [5.41, 5.74) is 1.44. The zero-order chi connectivity index (χ0) is 57.1. The van der Waals surface area contributed by atoms with Crippen molar-refractivity contribution in [1.29, 1.82) is 0 Å². The molecule has 62 heavy (non-hydrogen) atoms. The summed E-state index contributed by atoms with van der Waals surface area (Å²) in [5, 5.41) is 1.49. The van der Waals surface area contributed by atoms with Crippen LogP contribution in [0.2, 0.25) is 0 Å². The van der Waals surface area contributed by atoms with E-state index in [1.807, 2.05) is 24.3 Å². The zero-order valence-electron chi connectivity index (χ0n) is 50.1. The molecule has 11 aromatic rings.